The standard InChI is InChI=1S/C26H27NO5/c1-15-23(26(29)32-4)24(17-10-11-21(30-2)22(14-17)31-3)25-19(27-15)12-18(13-20(25)28)16-8-6-5-7-9-16/h5-11,14,18,23-24,27H,1,12-13H2,2-4H3. The van der Waals surface area contributed by atoms with E-state index in [0.29, 0.717) is 35.6 Å². The quantitative estimate of drug-likeness (QED) is 0.716. The molecule has 2 aromatic rings. The highest BCUT2D eigenvalue weighted by atomic mass is 16.5. The number of benzene rings is 2. The SMILES string of the molecule is C=C1NC2=C(C(=O)CC(c3ccccc3)C2)C(c2ccc(OC)c(OC)c2)C1C(=O)OC. The van der Waals surface area contributed by atoms with Crippen LogP contribution in [0.4, 0.5) is 0 Å². The second-order valence-electron chi connectivity index (χ2n) is 8.07. The summed E-state index contributed by atoms with van der Waals surface area (Å²) in [7, 11) is 4.47. The first kappa shape index (κ1) is 21.7. The third-order valence-electron chi connectivity index (χ3n) is 6.33. The maximum atomic E-state index is 13.5. The maximum absolute atomic E-state index is 13.5. The van der Waals surface area contributed by atoms with Gasteiger partial charge in [0.2, 0.25) is 0 Å². The number of Topliss-reactive ketones (excluding diaryl/α,β-unsaturated/α-hetero) is 1. The van der Waals surface area contributed by atoms with Crippen molar-refractivity contribution in [3.05, 3.63) is 83.2 Å². The molecule has 0 aromatic heterocycles. The highest BCUT2D eigenvalue weighted by Gasteiger charge is 2.45. The molecule has 2 aliphatic rings. The highest BCUT2D eigenvalue weighted by Crippen LogP contribution is 2.48. The van der Waals surface area contributed by atoms with E-state index in [2.05, 4.69) is 11.9 Å². The van der Waals surface area contributed by atoms with Crippen LogP contribution in [0.1, 0.15) is 35.8 Å². The first-order chi connectivity index (χ1) is 15.5. The predicted octanol–water partition coefficient (Wildman–Crippen LogP) is 4.09. The molecule has 1 aliphatic carbocycles. The van der Waals surface area contributed by atoms with Gasteiger partial charge in [-0.3, -0.25) is 9.59 Å². The number of nitrogens with one attached hydrogen (secondary N) is 1. The molecule has 32 heavy (non-hydrogen) atoms. The Bertz CT molecular complexity index is 1090. The van der Waals surface area contributed by atoms with Crippen molar-refractivity contribution in [1.29, 1.82) is 0 Å². The molecule has 0 spiro atoms. The molecule has 3 atom stereocenters. The molecule has 0 bridgehead atoms. The lowest BCUT2D eigenvalue weighted by Crippen LogP contribution is -2.42. The molecule has 0 amide bonds. The van der Waals surface area contributed by atoms with E-state index >= 15 is 0 Å². The second kappa shape index (κ2) is 8.91. The van der Waals surface area contributed by atoms with Gasteiger partial charge in [-0.15, -0.1) is 0 Å². The summed E-state index contributed by atoms with van der Waals surface area (Å²) in [5.41, 5.74) is 3.86. The molecule has 6 heteroatoms. The van der Waals surface area contributed by atoms with Crippen LogP contribution in [0.5, 0.6) is 11.5 Å². The van der Waals surface area contributed by atoms with Crippen LogP contribution in [-0.2, 0) is 14.3 Å². The lowest BCUT2D eigenvalue weighted by atomic mass is 9.69. The smallest absolute Gasteiger partial charge is 0.315 e. The maximum Gasteiger partial charge on any atom is 0.315 e. The first-order valence-corrected chi connectivity index (χ1v) is 10.5. The first-order valence-electron chi connectivity index (χ1n) is 10.5. The van der Waals surface area contributed by atoms with Crippen molar-refractivity contribution in [2.45, 2.75) is 24.7 Å². The molecule has 0 saturated carbocycles. The van der Waals surface area contributed by atoms with E-state index in [9.17, 15) is 9.59 Å². The van der Waals surface area contributed by atoms with E-state index in [1.54, 1.807) is 20.3 Å². The van der Waals surface area contributed by atoms with Gasteiger partial charge >= 0.3 is 5.97 Å². The number of esters is 1. The van der Waals surface area contributed by atoms with Gasteiger partial charge in [-0.1, -0.05) is 43.0 Å². The largest absolute Gasteiger partial charge is 0.493 e. The summed E-state index contributed by atoms with van der Waals surface area (Å²) in [6.07, 6.45) is 1.05. The summed E-state index contributed by atoms with van der Waals surface area (Å²) in [5, 5.41) is 3.27. The van der Waals surface area contributed by atoms with Crippen LogP contribution < -0.4 is 14.8 Å². The van der Waals surface area contributed by atoms with Crippen LogP contribution in [0, 0.1) is 5.92 Å². The molecule has 6 nitrogen and oxygen atoms in total. The van der Waals surface area contributed by atoms with Gasteiger partial charge in [0, 0.05) is 29.3 Å². The van der Waals surface area contributed by atoms with Crippen molar-refractivity contribution in [2.24, 2.45) is 5.92 Å². The Morgan fingerprint density at radius 1 is 0.969 bits per heavy atom. The minimum Gasteiger partial charge on any atom is -0.493 e. The Morgan fingerprint density at radius 3 is 2.34 bits per heavy atom. The summed E-state index contributed by atoms with van der Waals surface area (Å²) >= 11 is 0. The fraction of sp³-hybridized carbons (Fsp3) is 0.308. The Hall–Kier alpha value is -3.54. The second-order valence-corrected chi connectivity index (χ2v) is 8.07. The monoisotopic (exact) mass is 433 g/mol. The lowest BCUT2D eigenvalue weighted by Gasteiger charge is -2.40. The zero-order valence-electron chi connectivity index (χ0n) is 18.5. The van der Waals surface area contributed by atoms with Crippen LogP contribution in [0.15, 0.2) is 72.1 Å². The molecule has 0 radical (unpaired) electrons. The summed E-state index contributed by atoms with van der Waals surface area (Å²) < 4.78 is 15.9. The number of hydrogen-bond donors (Lipinski definition) is 1. The Kier molecular flexibility index (Phi) is 6.04. The van der Waals surface area contributed by atoms with E-state index in [1.165, 1.54) is 7.11 Å². The Balaban J connectivity index is 1.83. The van der Waals surface area contributed by atoms with Gasteiger partial charge < -0.3 is 19.5 Å². The van der Waals surface area contributed by atoms with Crippen molar-refractivity contribution in [1.82, 2.24) is 5.32 Å². The van der Waals surface area contributed by atoms with Crippen LogP contribution in [0.25, 0.3) is 0 Å². The average molecular weight is 434 g/mol. The number of carbonyl (C=O) groups excluding carboxylic acids is 2. The van der Waals surface area contributed by atoms with E-state index < -0.39 is 17.8 Å². The van der Waals surface area contributed by atoms with E-state index in [4.69, 9.17) is 14.2 Å². The molecule has 1 N–H and O–H groups in total. The zero-order valence-corrected chi connectivity index (χ0v) is 18.5. The molecular formula is C26H27NO5. The topological polar surface area (TPSA) is 73.9 Å². The number of carbonyl (C=O) groups is 2. The fourth-order valence-corrected chi connectivity index (χ4v) is 4.82. The van der Waals surface area contributed by atoms with E-state index in [1.807, 2.05) is 42.5 Å². The van der Waals surface area contributed by atoms with Crippen molar-refractivity contribution in [3.8, 4) is 11.5 Å². The summed E-state index contributed by atoms with van der Waals surface area (Å²) in [6, 6.07) is 15.5. The highest BCUT2D eigenvalue weighted by molar-refractivity contribution is 6.01. The van der Waals surface area contributed by atoms with Gasteiger partial charge in [-0.25, -0.2) is 0 Å². The number of hydrogen-bond acceptors (Lipinski definition) is 6. The van der Waals surface area contributed by atoms with Crippen LogP contribution in [0.3, 0.4) is 0 Å². The summed E-state index contributed by atoms with van der Waals surface area (Å²) in [4.78, 5) is 26.3. The Morgan fingerprint density at radius 2 is 1.69 bits per heavy atom. The van der Waals surface area contributed by atoms with Gasteiger partial charge in [-0.05, 0) is 35.6 Å². The predicted molar refractivity (Wildman–Crippen MR) is 121 cm³/mol. The van der Waals surface area contributed by atoms with Crippen molar-refractivity contribution in [2.75, 3.05) is 21.3 Å². The third kappa shape index (κ3) is 3.77. The van der Waals surface area contributed by atoms with Gasteiger partial charge in [0.25, 0.3) is 0 Å². The average Bonchev–Trinajstić information content (AvgIpc) is 2.82. The molecule has 2 aromatic carbocycles. The number of ether oxygens (including phenoxy) is 3. The number of allylic oxidation sites excluding steroid dienone is 2. The summed E-state index contributed by atoms with van der Waals surface area (Å²) in [6.45, 7) is 4.12. The molecule has 1 aliphatic heterocycles. The molecule has 4 rings (SSSR count). The minimum atomic E-state index is -0.728. The van der Waals surface area contributed by atoms with Gasteiger partial charge in [0.15, 0.2) is 17.3 Å². The van der Waals surface area contributed by atoms with E-state index in [0.717, 1.165) is 16.8 Å². The summed E-state index contributed by atoms with van der Waals surface area (Å²) in [5.74, 6) is -0.481. The number of methoxy groups -OCH3 is 3. The molecule has 0 saturated heterocycles. The Labute approximate surface area is 187 Å². The van der Waals surface area contributed by atoms with E-state index in [-0.39, 0.29) is 11.7 Å². The normalized spacial score (nSPS) is 22.7. The fourth-order valence-electron chi connectivity index (χ4n) is 4.82. The van der Waals surface area contributed by atoms with Crippen molar-refractivity contribution >= 4 is 11.8 Å². The number of ketones is 1. The molecule has 1 heterocycles. The molecule has 166 valence electrons. The third-order valence-corrected chi connectivity index (χ3v) is 6.33. The van der Waals surface area contributed by atoms with Gasteiger partial charge in [0.05, 0.1) is 21.3 Å². The van der Waals surface area contributed by atoms with Crippen molar-refractivity contribution < 1.29 is 23.8 Å². The lowest BCUT2D eigenvalue weighted by molar-refractivity contribution is -0.144. The number of rotatable bonds is 5. The van der Waals surface area contributed by atoms with Gasteiger partial charge in [-0.2, -0.15) is 0 Å². The zero-order chi connectivity index (χ0) is 22.8. The minimum absolute atomic E-state index is 0.0220. The van der Waals surface area contributed by atoms with Crippen LogP contribution in [0.2, 0.25) is 0 Å². The molecular weight excluding hydrogens is 406 g/mol. The van der Waals surface area contributed by atoms with Gasteiger partial charge in [0.1, 0.15) is 5.92 Å². The van der Waals surface area contributed by atoms with Crippen LogP contribution in [-0.4, -0.2) is 33.1 Å². The van der Waals surface area contributed by atoms with Crippen LogP contribution >= 0.6 is 0 Å². The molecule has 3 unspecified atom stereocenters. The van der Waals surface area contributed by atoms with Crippen molar-refractivity contribution in [3.63, 3.8) is 0 Å². The molecule has 0 fully saturated rings.